The van der Waals surface area contributed by atoms with Crippen LogP contribution in [0.15, 0.2) is 267 Å². The molecule has 5 heteroatoms. The molecule has 4 heterocycles. The van der Waals surface area contributed by atoms with Gasteiger partial charge in [-0.3, -0.25) is 4.98 Å². The van der Waals surface area contributed by atoms with Gasteiger partial charge in [0.25, 0.3) is 0 Å². The summed E-state index contributed by atoms with van der Waals surface area (Å²) < 4.78 is 4.83. The Hall–Kier alpha value is -9.55. The second-order valence-corrected chi connectivity index (χ2v) is 19.7. The van der Waals surface area contributed by atoms with Gasteiger partial charge in [-0.2, -0.15) is 0 Å². The van der Waals surface area contributed by atoms with E-state index in [1.165, 1.54) is 21.9 Å². The normalized spacial score (nSPS) is 11.5. The van der Waals surface area contributed by atoms with Crippen molar-refractivity contribution in [3.63, 3.8) is 0 Å². The van der Waals surface area contributed by atoms with Crippen molar-refractivity contribution < 1.29 is 0 Å². The van der Waals surface area contributed by atoms with Crippen LogP contribution in [0, 0.1) is 0 Å². The summed E-state index contributed by atoms with van der Waals surface area (Å²) in [7, 11) is 0. The van der Waals surface area contributed by atoms with E-state index in [2.05, 4.69) is 247 Å². The molecule has 4 nitrogen and oxygen atoms in total. The number of hydrogen-bond donors (Lipinski definition) is 0. The molecule has 0 spiro atoms. The molecule has 4 aromatic heterocycles. The summed E-state index contributed by atoms with van der Waals surface area (Å²) in [6.07, 6.45) is 1.82. The van der Waals surface area contributed by atoms with E-state index in [1.807, 2.05) is 24.4 Å². The highest BCUT2D eigenvalue weighted by atomic mass is 32.1. The van der Waals surface area contributed by atoms with Crippen LogP contribution in [0.2, 0.25) is 0 Å². The Labute approximate surface area is 432 Å². The van der Waals surface area contributed by atoms with Crippen LogP contribution in [0.3, 0.4) is 0 Å². The van der Waals surface area contributed by atoms with E-state index in [9.17, 15) is 0 Å². The van der Waals surface area contributed by atoms with Crippen LogP contribution < -0.4 is 0 Å². The molecule has 10 aromatic carbocycles. The molecule has 14 rings (SSSR count). The molecule has 0 N–H and O–H groups in total. The number of aromatic nitrogens is 4. The average molecular weight is 961 g/mol. The first-order valence-electron chi connectivity index (χ1n) is 25.0. The van der Waals surface area contributed by atoms with Crippen LogP contribution in [0.1, 0.15) is 0 Å². The first-order chi connectivity index (χ1) is 36.7. The van der Waals surface area contributed by atoms with E-state index in [0.717, 1.165) is 110 Å². The number of fused-ring (bicyclic) bond motifs is 6. The molecule has 0 fully saturated rings. The first kappa shape index (κ1) is 43.3. The van der Waals surface area contributed by atoms with Crippen molar-refractivity contribution in [2.45, 2.75) is 0 Å². The number of thiophene rings is 1. The number of benzene rings is 10. The van der Waals surface area contributed by atoms with Gasteiger partial charge in [-0.1, -0.05) is 231 Å². The standard InChI is InChI=1S/C69H44N4S/c1-7-23-45(24-8-1)52-38-40-54(47-27-11-3-12-28-47)66-61(52)62-53(46-25-9-2-10-26-46)39-41-55(48-29-13-4-14-30-48)67(62)73(66)65-57(49-31-15-5-16-32-49)43-51(44-58(65)50-33-17-6-18-34-50)63-68-64(56-35-19-20-37-60(56)74-68)72-69(71-63)59-36-21-22-42-70-59/h1-44H. The van der Waals surface area contributed by atoms with Gasteiger partial charge in [0, 0.05) is 54.9 Å². The predicted molar refractivity (Wildman–Crippen MR) is 311 cm³/mol. The van der Waals surface area contributed by atoms with Gasteiger partial charge in [0.1, 0.15) is 5.69 Å². The van der Waals surface area contributed by atoms with Crippen molar-refractivity contribution >= 4 is 53.4 Å². The number of hydrogen-bond acceptors (Lipinski definition) is 4. The van der Waals surface area contributed by atoms with Gasteiger partial charge in [-0.25, -0.2) is 9.97 Å². The quantitative estimate of drug-likeness (QED) is 0.145. The average Bonchev–Trinajstić information content (AvgIpc) is 4.05. The Morgan fingerprint density at radius 2 is 0.743 bits per heavy atom. The summed E-state index contributed by atoms with van der Waals surface area (Å²) in [5.41, 5.74) is 20.3. The molecule has 0 radical (unpaired) electrons. The summed E-state index contributed by atoms with van der Waals surface area (Å²) in [5, 5.41) is 3.48. The van der Waals surface area contributed by atoms with Crippen LogP contribution in [-0.2, 0) is 0 Å². The maximum Gasteiger partial charge on any atom is 0.179 e. The maximum atomic E-state index is 5.53. The van der Waals surface area contributed by atoms with Crippen molar-refractivity contribution in [1.82, 2.24) is 19.5 Å². The SMILES string of the molecule is c1ccc(-c2cc(-c3nc(-c4ccccn4)nc4c3sc3ccccc34)cc(-c3ccccc3)c2-n2c3c(-c4ccccc4)ccc(-c4ccccc4)c3c3c(-c4ccccc4)ccc(-c4ccccc4)c32)cc1. The van der Waals surface area contributed by atoms with Crippen LogP contribution in [0.4, 0.5) is 0 Å². The molecule has 0 bridgehead atoms. The predicted octanol–water partition coefficient (Wildman–Crippen LogP) is 18.7. The maximum absolute atomic E-state index is 5.53. The lowest BCUT2D eigenvalue weighted by Crippen LogP contribution is -2.04. The lowest BCUT2D eigenvalue weighted by atomic mass is 9.90. The van der Waals surface area contributed by atoms with Crippen LogP contribution >= 0.6 is 11.3 Å². The largest absolute Gasteiger partial charge is 0.307 e. The molecule has 0 unspecified atom stereocenters. The highest BCUT2D eigenvalue weighted by Crippen LogP contribution is 2.52. The van der Waals surface area contributed by atoms with E-state index in [-0.39, 0.29) is 0 Å². The van der Waals surface area contributed by atoms with Crippen molar-refractivity contribution in [2.75, 3.05) is 0 Å². The van der Waals surface area contributed by atoms with Crippen molar-refractivity contribution in [3.05, 3.63) is 267 Å². The summed E-state index contributed by atoms with van der Waals surface area (Å²) >= 11 is 1.74. The summed E-state index contributed by atoms with van der Waals surface area (Å²) in [6, 6.07) is 94.1. The minimum absolute atomic E-state index is 0.590. The molecule has 346 valence electrons. The molecular weight excluding hydrogens is 917 g/mol. The van der Waals surface area contributed by atoms with Crippen LogP contribution in [0.25, 0.3) is 137 Å². The zero-order chi connectivity index (χ0) is 49.0. The van der Waals surface area contributed by atoms with E-state index >= 15 is 0 Å². The third-order valence-electron chi connectivity index (χ3n) is 14.3. The van der Waals surface area contributed by atoms with Gasteiger partial charge in [0.15, 0.2) is 5.82 Å². The minimum atomic E-state index is 0.590. The monoisotopic (exact) mass is 960 g/mol. The molecular formula is C69H44N4S. The molecule has 74 heavy (non-hydrogen) atoms. The van der Waals surface area contributed by atoms with Gasteiger partial charge in [0.05, 0.1) is 32.6 Å². The highest BCUT2D eigenvalue weighted by Gasteiger charge is 2.29. The molecule has 0 amide bonds. The third kappa shape index (κ3) is 7.32. The molecule has 14 aromatic rings. The van der Waals surface area contributed by atoms with Gasteiger partial charge in [-0.05, 0) is 74.8 Å². The Kier molecular flexibility index (Phi) is 10.7. The molecule has 0 aliphatic rings. The van der Waals surface area contributed by atoms with E-state index < -0.39 is 0 Å². The first-order valence-corrected chi connectivity index (χ1v) is 25.8. The zero-order valence-corrected chi connectivity index (χ0v) is 40.9. The van der Waals surface area contributed by atoms with Gasteiger partial charge >= 0.3 is 0 Å². The minimum Gasteiger partial charge on any atom is -0.307 e. The number of pyridine rings is 1. The fourth-order valence-corrected chi connectivity index (χ4v) is 12.1. The van der Waals surface area contributed by atoms with Gasteiger partial charge in [0.2, 0.25) is 0 Å². The molecule has 0 saturated carbocycles. The Bertz CT molecular complexity index is 4160. The highest BCUT2D eigenvalue weighted by molar-refractivity contribution is 7.26. The smallest absolute Gasteiger partial charge is 0.179 e. The summed E-state index contributed by atoms with van der Waals surface area (Å²) in [6.45, 7) is 0. The van der Waals surface area contributed by atoms with Crippen molar-refractivity contribution in [2.24, 2.45) is 0 Å². The van der Waals surface area contributed by atoms with E-state index in [4.69, 9.17) is 15.0 Å². The number of nitrogens with zero attached hydrogens (tertiary/aromatic N) is 4. The summed E-state index contributed by atoms with van der Waals surface area (Å²) in [5.74, 6) is 0.590. The third-order valence-corrected chi connectivity index (χ3v) is 15.4. The lowest BCUT2D eigenvalue weighted by molar-refractivity contribution is 1.17. The molecule has 0 aliphatic heterocycles. The second kappa shape index (κ2) is 18.2. The van der Waals surface area contributed by atoms with Gasteiger partial charge in [-0.15, -0.1) is 11.3 Å². The summed E-state index contributed by atoms with van der Waals surface area (Å²) in [4.78, 5) is 15.6. The van der Waals surface area contributed by atoms with E-state index in [0.29, 0.717) is 5.82 Å². The van der Waals surface area contributed by atoms with E-state index in [1.54, 1.807) is 11.3 Å². The fraction of sp³-hybridized carbons (Fsp3) is 0. The van der Waals surface area contributed by atoms with Crippen LogP contribution in [-0.4, -0.2) is 19.5 Å². The lowest BCUT2D eigenvalue weighted by Gasteiger charge is -2.23. The van der Waals surface area contributed by atoms with Crippen LogP contribution in [0.5, 0.6) is 0 Å². The molecule has 0 aliphatic carbocycles. The zero-order valence-electron chi connectivity index (χ0n) is 40.1. The van der Waals surface area contributed by atoms with Gasteiger partial charge < -0.3 is 4.57 Å². The second-order valence-electron chi connectivity index (χ2n) is 18.6. The Morgan fingerprint density at radius 3 is 1.20 bits per heavy atom. The fourth-order valence-electron chi connectivity index (χ4n) is 11.0. The van der Waals surface area contributed by atoms with Crippen molar-refractivity contribution in [1.29, 1.82) is 0 Å². The van der Waals surface area contributed by atoms with Crippen molar-refractivity contribution in [3.8, 4) is 95.2 Å². The molecule has 0 saturated heterocycles. The number of rotatable bonds is 9. The molecule has 0 atom stereocenters. The topological polar surface area (TPSA) is 43.6 Å². The Balaban J connectivity index is 1.23. The Morgan fingerprint density at radius 1 is 0.338 bits per heavy atom.